The van der Waals surface area contributed by atoms with Crippen molar-refractivity contribution in [2.75, 3.05) is 5.32 Å². The second-order valence-electron chi connectivity index (χ2n) is 6.38. The largest absolute Gasteiger partial charge is 0.310 e. The Morgan fingerprint density at radius 1 is 1.27 bits per heavy atom. The van der Waals surface area contributed by atoms with Gasteiger partial charge in [-0.2, -0.15) is 0 Å². The van der Waals surface area contributed by atoms with E-state index in [0.717, 1.165) is 35.0 Å². The number of anilines is 1. The number of hydrogen-bond donors (Lipinski definition) is 1. The van der Waals surface area contributed by atoms with Crippen LogP contribution in [0.1, 0.15) is 12.8 Å². The van der Waals surface area contributed by atoms with Crippen LogP contribution in [0.2, 0.25) is 0 Å². The number of nitrogens with one attached hydrogen (secondary N) is 1. The molecule has 1 fully saturated rings. The van der Waals surface area contributed by atoms with Crippen LogP contribution in [0.15, 0.2) is 49.1 Å². The maximum Gasteiger partial charge on any atom is 0.228 e. The molecule has 0 aliphatic heterocycles. The Morgan fingerprint density at radius 2 is 2.15 bits per heavy atom. The fourth-order valence-corrected chi connectivity index (χ4v) is 3.43. The number of rotatable bonds is 4. The first-order valence-electron chi connectivity index (χ1n) is 8.28. The predicted octanol–water partition coefficient (Wildman–Crippen LogP) is 4.08. The van der Waals surface area contributed by atoms with Crippen LogP contribution in [-0.2, 0) is 4.79 Å². The zero-order valence-electron chi connectivity index (χ0n) is 13.6. The van der Waals surface area contributed by atoms with Gasteiger partial charge in [-0.3, -0.25) is 4.79 Å². The van der Waals surface area contributed by atoms with Crippen molar-refractivity contribution >= 4 is 40.7 Å². The Hall–Kier alpha value is -2.87. The minimum absolute atomic E-state index is 0.0205. The molecule has 0 aromatic carbocycles. The van der Waals surface area contributed by atoms with E-state index in [1.54, 1.807) is 18.5 Å². The number of halogens is 1. The lowest BCUT2D eigenvalue weighted by Crippen LogP contribution is -2.14. The maximum atomic E-state index is 13.5. The number of amides is 1. The molecule has 130 valence electrons. The van der Waals surface area contributed by atoms with Gasteiger partial charge in [0.2, 0.25) is 5.91 Å². The normalized spacial score (nSPS) is 14.2. The van der Waals surface area contributed by atoms with Gasteiger partial charge in [0.1, 0.15) is 11.5 Å². The average Bonchev–Trinajstić information content (AvgIpc) is 3.30. The van der Waals surface area contributed by atoms with Crippen molar-refractivity contribution in [2.45, 2.75) is 12.8 Å². The van der Waals surface area contributed by atoms with E-state index in [9.17, 15) is 8.68 Å². The van der Waals surface area contributed by atoms with Gasteiger partial charge in [-0.05, 0) is 42.7 Å². The minimum Gasteiger partial charge on any atom is -0.310 e. The standard InChI is InChI=1S/C18H14FN5OS/c19-26-24-10-14(12-5-7-23-8-6-20-16(23)9-12)13-3-4-15(21-17(13)24)22-18(25)11-1-2-11/h3-11H,1-2H2,(H,21,22,25). The molecule has 0 radical (unpaired) electrons. The Labute approximate surface area is 152 Å². The van der Waals surface area contributed by atoms with Crippen molar-refractivity contribution < 1.29 is 8.68 Å². The molecule has 1 aliphatic rings. The van der Waals surface area contributed by atoms with Crippen molar-refractivity contribution in [2.24, 2.45) is 5.92 Å². The van der Waals surface area contributed by atoms with E-state index in [2.05, 4.69) is 15.3 Å². The molecular formula is C18H14FN5OS. The maximum absolute atomic E-state index is 13.5. The molecule has 4 aromatic rings. The van der Waals surface area contributed by atoms with Crippen LogP contribution in [0.4, 0.5) is 9.70 Å². The summed E-state index contributed by atoms with van der Waals surface area (Å²) >= 11 is 0.0859. The highest BCUT2D eigenvalue weighted by atomic mass is 32.2. The second-order valence-corrected chi connectivity index (χ2v) is 6.91. The first kappa shape index (κ1) is 15.4. The van der Waals surface area contributed by atoms with Gasteiger partial charge in [-0.15, -0.1) is 3.89 Å². The zero-order chi connectivity index (χ0) is 17.7. The highest BCUT2D eigenvalue weighted by molar-refractivity contribution is 7.92. The number of hydrogen-bond acceptors (Lipinski definition) is 4. The summed E-state index contributed by atoms with van der Waals surface area (Å²) in [7, 11) is 0. The van der Waals surface area contributed by atoms with E-state index in [0.29, 0.717) is 11.5 Å². The lowest BCUT2D eigenvalue weighted by molar-refractivity contribution is -0.117. The van der Waals surface area contributed by atoms with E-state index in [4.69, 9.17) is 0 Å². The number of fused-ring (bicyclic) bond motifs is 2. The van der Waals surface area contributed by atoms with Gasteiger partial charge in [0, 0.05) is 41.7 Å². The van der Waals surface area contributed by atoms with Crippen molar-refractivity contribution in [1.29, 1.82) is 0 Å². The van der Waals surface area contributed by atoms with E-state index in [1.165, 1.54) is 3.97 Å². The molecule has 0 spiro atoms. The molecule has 5 rings (SSSR count). The topological polar surface area (TPSA) is 64.2 Å². The average molecular weight is 367 g/mol. The third-order valence-corrected chi connectivity index (χ3v) is 5.03. The summed E-state index contributed by atoms with van der Waals surface area (Å²) in [5, 5.41) is 3.62. The lowest BCUT2D eigenvalue weighted by Gasteiger charge is -2.05. The van der Waals surface area contributed by atoms with Gasteiger partial charge in [-0.25, -0.2) is 13.9 Å². The number of imidazole rings is 1. The van der Waals surface area contributed by atoms with Crippen LogP contribution in [0.25, 0.3) is 27.8 Å². The molecule has 1 amide bonds. The summed E-state index contributed by atoms with van der Waals surface area (Å²) in [5.74, 6) is 0.512. The quantitative estimate of drug-likeness (QED) is 0.590. The molecular weight excluding hydrogens is 353 g/mol. The molecule has 0 bridgehead atoms. The first-order chi connectivity index (χ1) is 12.7. The Morgan fingerprint density at radius 3 is 2.96 bits per heavy atom. The van der Waals surface area contributed by atoms with Crippen LogP contribution < -0.4 is 5.32 Å². The van der Waals surface area contributed by atoms with Crippen molar-refractivity contribution in [1.82, 2.24) is 18.3 Å². The molecule has 1 N–H and O–H groups in total. The molecule has 0 saturated heterocycles. The Bertz CT molecular complexity index is 1150. The fourth-order valence-electron chi connectivity index (χ4n) is 3.08. The minimum atomic E-state index is -0.0205. The number of aromatic nitrogens is 4. The smallest absolute Gasteiger partial charge is 0.228 e. The molecule has 1 saturated carbocycles. The van der Waals surface area contributed by atoms with Crippen LogP contribution in [0, 0.1) is 5.92 Å². The van der Waals surface area contributed by atoms with Gasteiger partial charge in [0.15, 0.2) is 18.0 Å². The Kier molecular flexibility index (Phi) is 3.46. The van der Waals surface area contributed by atoms with Crippen molar-refractivity contribution in [3.05, 3.63) is 49.1 Å². The van der Waals surface area contributed by atoms with Gasteiger partial charge >= 0.3 is 0 Å². The number of pyridine rings is 2. The SMILES string of the molecule is O=C(Nc1ccc2c(-c3ccn4ccnc4c3)cn(SF)c2n1)C1CC1. The van der Waals surface area contributed by atoms with Crippen LogP contribution in [0.5, 0.6) is 0 Å². The summed E-state index contributed by atoms with van der Waals surface area (Å²) in [6.45, 7) is 0. The number of carbonyl (C=O) groups excluding carboxylic acids is 1. The second kappa shape index (κ2) is 5.84. The lowest BCUT2D eigenvalue weighted by atomic mass is 10.1. The van der Waals surface area contributed by atoms with Crippen molar-refractivity contribution in [3.8, 4) is 11.1 Å². The number of nitrogens with zero attached hydrogens (tertiary/aromatic N) is 4. The molecule has 8 heteroatoms. The molecule has 0 unspecified atom stereocenters. The first-order valence-corrected chi connectivity index (χ1v) is 8.95. The summed E-state index contributed by atoms with van der Waals surface area (Å²) < 4.78 is 16.7. The van der Waals surface area contributed by atoms with Crippen LogP contribution >= 0.6 is 12.3 Å². The van der Waals surface area contributed by atoms with Gasteiger partial charge in [-0.1, -0.05) is 0 Å². The fraction of sp³-hybridized carbons (Fsp3) is 0.167. The molecule has 1 aliphatic carbocycles. The van der Waals surface area contributed by atoms with E-state index in [-0.39, 0.29) is 24.2 Å². The van der Waals surface area contributed by atoms with Gasteiger partial charge < -0.3 is 9.72 Å². The van der Waals surface area contributed by atoms with E-state index < -0.39 is 0 Å². The third-order valence-electron chi connectivity index (χ3n) is 4.60. The van der Waals surface area contributed by atoms with Crippen LogP contribution in [0.3, 0.4) is 0 Å². The molecule has 0 atom stereocenters. The summed E-state index contributed by atoms with van der Waals surface area (Å²) in [4.78, 5) is 20.7. The van der Waals surface area contributed by atoms with E-state index >= 15 is 0 Å². The predicted molar refractivity (Wildman–Crippen MR) is 99.4 cm³/mol. The summed E-state index contributed by atoms with van der Waals surface area (Å²) in [5.41, 5.74) is 3.09. The highest BCUT2D eigenvalue weighted by Gasteiger charge is 2.29. The summed E-state index contributed by atoms with van der Waals surface area (Å²) in [6, 6.07) is 7.53. The highest BCUT2D eigenvalue weighted by Crippen LogP contribution is 2.34. The molecule has 6 nitrogen and oxygen atoms in total. The van der Waals surface area contributed by atoms with Crippen molar-refractivity contribution in [3.63, 3.8) is 0 Å². The number of carbonyl (C=O) groups is 1. The monoisotopic (exact) mass is 367 g/mol. The summed E-state index contributed by atoms with van der Waals surface area (Å²) in [6.07, 6.45) is 9.08. The molecule has 4 aromatic heterocycles. The van der Waals surface area contributed by atoms with Crippen LogP contribution in [-0.4, -0.2) is 24.2 Å². The third kappa shape index (κ3) is 2.53. The molecule has 26 heavy (non-hydrogen) atoms. The van der Waals surface area contributed by atoms with Gasteiger partial charge in [0.05, 0.1) is 0 Å². The zero-order valence-corrected chi connectivity index (χ0v) is 14.4. The van der Waals surface area contributed by atoms with Gasteiger partial charge in [0.25, 0.3) is 0 Å². The Balaban J connectivity index is 1.60. The van der Waals surface area contributed by atoms with E-state index in [1.807, 2.05) is 35.0 Å². The molecule has 4 heterocycles.